The third-order valence-electron chi connectivity index (χ3n) is 5.80. The second kappa shape index (κ2) is 22.3. The summed E-state index contributed by atoms with van der Waals surface area (Å²) in [4.78, 5) is 40.9. The van der Waals surface area contributed by atoms with Crippen molar-refractivity contribution in [2.75, 3.05) is 26.4 Å². The van der Waals surface area contributed by atoms with Crippen LogP contribution in [0.2, 0.25) is 0 Å². The number of aliphatic hydroxyl groups is 4. The van der Waals surface area contributed by atoms with Crippen LogP contribution in [0.1, 0.15) is 41.4 Å². The van der Waals surface area contributed by atoms with E-state index < -0.39 is 55.7 Å². The lowest BCUT2D eigenvalue weighted by atomic mass is 9.93. The van der Waals surface area contributed by atoms with E-state index in [4.69, 9.17) is 61.3 Å². The number of aliphatic hydroxyl groups excluding tert-OH is 4. The van der Waals surface area contributed by atoms with Crippen LogP contribution in [0.3, 0.4) is 0 Å². The van der Waals surface area contributed by atoms with Crippen LogP contribution in [0, 0.1) is 5.41 Å². The molecule has 16 nitrogen and oxygen atoms in total. The topological polar surface area (TPSA) is 311 Å². The summed E-state index contributed by atoms with van der Waals surface area (Å²) in [6.07, 6.45) is 0. The van der Waals surface area contributed by atoms with E-state index in [1.54, 1.807) is 0 Å². The maximum atomic E-state index is 10.2. The fraction of sp³-hybridized carbons (Fsp3) is 0.152. The molecule has 0 aromatic heterocycles. The molecule has 49 heavy (non-hydrogen) atoms. The van der Waals surface area contributed by atoms with Gasteiger partial charge in [-0.3, -0.25) is 0 Å². The smallest absolute Gasteiger partial charge is 0.335 e. The van der Waals surface area contributed by atoms with Crippen molar-refractivity contribution < 1.29 is 80.5 Å². The number of rotatable bonds is 8. The van der Waals surface area contributed by atoms with Gasteiger partial charge in [-0.15, -0.1) is 0 Å². The molecule has 0 saturated heterocycles. The molecule has 0 heterocycles. The minimum Gasteiger partial charge on any atom is -0.508 e. The highest BCUT2D eigenvalue weighted by atomic mass is 16.4. The van der Waals surface area contributed by atoms with E-state index in [1.807, 2.05) is 0 Å². The molecule has 0 saturated carbocycles. The van der Waals surface area contributed by atoms with Crippen molar-refractivity contribution in [1.29, 1.82) is 0 Å². The quantitative estimate of drug-likeness (QED) is 0.126. The molecule has 0 atom stereocenters. The summed E-state index contributed by atoms with van der Waals surface area (Å²) in [5.74, 6) is -3.65. The van der Waals surface area contributed by atoms with Gasteiger partial charge in [-0.2, -0.15) is 0 Å². The molecule has 4 rings (SSSR count). The Morgan fingerprint density at radius 1 is 0.347 bits per heavy atom. The van der Waals surface area contributed by atoms with Crippen molar-refractivity contribution in [3.63, 3.8) is 0 Å². The molecule has 0 aliphatic rings. The summed E-state index contributed by atoms with van der Waals surface area (Å²) >= 11 is 0. The number of aromatic hydroxyl groups is 4. The first-order valence-corrected chi connectivity index (χ1v) is 13.6. The lowest BCUT2D eigenvalue weighted by Gasteiger charge is -2.23. The molecular formula is C33H36O16. The normalized spacial score (nSPS) is 9.71. The van der Waals surface area contributed by atoms with E-state index in [-0.39, 0.29) is 45.3 Å². The molecule has 4 aromatic rings. The third kappa shape index (κ3) is 17.3. The lowest BCUT2D eigenvalue weighted by molar-refractivity contribution is -0.0328. The summed E-state index contributed by atoms with van der Waals surface area (Å²) in [5.41, 5.74) is -0.397. The van der Waals surface area contributed by atoms with Gasteiger partial charge >= 0.3 is 23.9 Å². The molecule has 0 amide bonds. The molecule has 0 spiro atoms. The van der Waals surface area contributed by atoms with E-state index in [0.29, 0.717) is 0 Å². The Balaban J connectivity index is 0.000000588. The molecule has 0 radical (unpaired) electrons. The summed E-state index contributed by atoms with van der Waals surface area (Å²) in [5, 5.41) is 103. The number of carbonyl (C=O) groups is 4. The van der Waals surface area contributed by atoms with E-state index >= 15 is 0 Å². The highest BCUT2D eigenvalue weighted by Crippen LogP contribution is 2.13. The van der Waals surface area contributed by atoms with E-state index in [1.165, 1.54) is 97.1 Å². The Bertz CT molecular complexity index is 1320. The molecule has 0 aliphatic heterocycles. The van der Waals surface area contributed by atoms with Crippen molar-refractivity contribution in [2.45, 2.75) is 0 Å². The van der Waals surface area contributed by atoms with Gasteiger partial charge in [-0.05, 0) is 97.1 Å². The monoisotopic (exact) mass is 688 g/mol. The molecule has 0 unspecified atom stereocenters. The summed E-state index contributed by atoms with van der Waals surface area (Å²) < 4.78 is 0. The molecule has 4 aromatic carbocycles. The Labute approximate surface area is 278 Å². The number of benzene rings is 4. The average molecular weight is 689 g/mol. The van der Waals surface area contributed by atoms with Crippen LogP contribution in [0.15, 0.2) is 97.1 Å². The first kappa shape index (κ1) is 42.8. The van der Waals surface area contributed by atoms with Gasteiger partial charge in [0, 0.05) is 0 Å². The van der Waals surface area contributed by atoms with Crippen molar-refractivity contribution in [3.8, 4) is 23.0 Å². The zero-order valence-corrected chi connectivity index (χ0v) is 25.6. The van der Waals surface area contributed by atoms with Gasteiger partial charge in [0.25, 0.3) is 0 Å². The largest absolute Gasteiger partial charge is 0.508 e. The molecule has 264 valence electrons. The summed E-state index contributed by atoms with van der Waals surface area (Å²) in [6.45, 7) is -1.62. The number of carboxylic acid groups (broad SMARTS) is 4. The minimum atomic E-state index is -1.11. The van der Waals surface area contributed by atoms with Crippen LogP contribution < -0.4 is 0 Å². The first-order valence-electron chi connectivity index (χ1n) is 13.6. The maximum absolute atomic E-state index is 10.2. The SMILES string of the molecule is O=C(O)c1ccc(O)cc1.O=C(O)c1ccc(O)cc1.O=C(O)c1ccc(O)cc1.O=C(O)c1ccc(O)cc1.OCC(CO)(CO)CO. The van der Waals surface area contributed by atoms with Gasteiger partial charge in [0.05, 0.1) is 54.1 Å². The third-order valence-corrected chi connectivity index (χ3v) is 5.80. The van der Waals surface area contributed by atoms with Crippen molar-refractivity contribution in [2.24, 2.45) is 5.41 Å². The minimum absolute atomic E-state index is 0.0741. The second-order valence-electron chi connectivity index (χ2n) is 9.54. The molecule has 0 aliphatic carbocycles. The van der Waals surface area contributed by atoms with Gasteiger partial charge < -0.3 is 61.3 Å². The standard InChI is InChI=1S/4C7H6O3.C5H12O4/c4*8-6-3-1-5(2-4-6)7(9)10;6-1-5(2-7,3-8)4-9/h4*1-4,8H,(H,9,10);6-9H,1-4H2. The van der Waals surface area contributed by atoms with Gasteiger partial charge in [0.15, 0.2) is 0 Å². The van der Waals surface area contributed by atoms with Crippen LogP contribution in [-0.2, 0) is 0 Å². The van der Waals surface area contributed by atoms with E-state index in [0.717, 1.165) is 0 Å². The highest BCUT2D eigenvalue weighted by Gasteiger charge is 2.26. The van der Waals surface area contributed by atoms with Crippen LogP contribution in [0.4, 0.5) is 0 Å². The Morgan fingerprint density at radius 3 is 0.571 bits per heavy atom. The van der Waals surface area contributed by atoms with Gasteiger partial charge in [-0.25, -0.2) is 19.2 Å². The Hall–Kier alpha value is -6.20. The number of phenolic OH excluding ortho intramolecular Hbond substituents is 4. The zero-order valence-electron chi connectivity index (χ0n) is 25.6. The highest BCUT2D eigenvalue weighted by molar-refractivity contribution is 5.89. The fourth-order valence-electron chi connectivity index (χ4n) is 2.72. The molecule has 12 N–H and O–H groups in total. The zero-order chi connectivity index (χ0) is 37.6. The van der Waals surface area contributed by atoms with Crippen LogP contribution in [0.5, 0.6) is 23.0 Å². The van der Waals surface area contributed by atoms with E-state index in [9.17, 15) is 19.2 Å². The molecule has 0 fully saturated rings. The molecule has 0 bridgehead atoms. The number of phenols is 4. The van der Waals surface area contributed by atoms with E-state index in [2.05, 4.69) is 0 Å². The summed E-state index contributed by atoms with van der Waals surface area (Å²) in [7, 11) is 0. The van der Waals surface area contributed by atoms with Crippen molar-refractivity contribution >= 4 is 23.9 Å². The lowest BCUT2D eigenvalue weighted by Crippen LogP contribution is -2.37. The number of carboxylic acids is 4. The average Bonchev–Trinajstić information content (AvgIpc) is 3.08. The molecule has 16 heteroatoms. The fourth-order valence-corrected chi connectivity index (χ4v) is 2.72. The Kier molecular flexibility index (Phi) is 19.5. The number of hydrogen-bond donors (Lipinski definition) is 12. The summed E-state index contributed by atoms with van der Waals surface area (Å²) in [6, 6.07) is 21.5. The van der Waals surface area contributed by atoms with Crippen molar-refractivity contribution in [3.05, 3.63) is 119 Å². The van der Waals surface area contributed by atoms with Gasteiger partial charge in [-0.1, -0.05) is 0 Å². The van der Waals surface area contributed by atoms with Crippen LogP contribution >= 0.6 is 0 Å². The predicted octanol–water partition coefficient (Wildman–Crippen LogP) is 2.30. The number of aromatic carboxylic acids is 4. The van der Waals surface area contributed by atoms with Crippen molar-refractivity contribution in [1.82, 2.24) is 0 Å². The van der Waals surface area contributed by atoms with Crippen LogP contribution in [0.25, 0.3) is 0 Å². The maximum Gasteiger partial charge on any atom is 0.335 e. The second-order valence-corrected chi connectivity index (χ2v) is 9.54. The first-order chi connectivity index (χ1) is 23.0. The number of hydrogen-bond acceptors (Lipinski definition) is 12. The predicted molar refractivity (Wildman–Crippen MR) is 171 cm³/mol. The van der Waals surface area contributed by atoms with Crippen LogP contribution in [-0.4, -0.2) is 112 Å². The van der Waals surface area contributed by atoms with Gasteiger partial charge in [0.2, 0.25) is 0 Å². The molecular weight excluding hydrogens is 652 g/mol. The van der Waals surface area contributed by atoms with Gasteiger partial charge in [0.1, 0.15) is 23.0 Å². The Morgan fingerprint density at radius 2 is 0.490 bits per heavy atom.